The number of rotatable bonds is 26. The van der Waals surface area contributed by atoms with Crippen molar-refractivity contribution in [2.75, 3.05) is 52.9 Å². The summed E-state index contributed by atoms with van der Waals surface area (Å²) in [6, 6.07) is 17.6. The van der Waals surface area contributed by atoms with Crippen LogP contribution >= 0.6 is 0 Å². The van der Waals surface area contributed by atoms with E-state index < -0.39 is 48.3 Å². The zero-order chi connectivity index (χ0) is 47.8. The second-order valence-electron chi connectivity index (χ2n) is 15.8. The Labute approximate surface area is 377 Å². The van der Waals surface area contributed by atoms with Crippen LogP contribution in [0, 0.1) is 5.92 Å². The van der Waals surface area contributed by atoms with E-state index in [1.807, 2.05) is 6.07 Å². The predicted octanol–water partition coefficient (Wildman–Crippen LogP) is 5.10. The predicted molar refractivity (Wildman–Crippen MR) is 240 cm³/mol. The third-order valence-electron chi connectivity index (χ3n) is 9.38. The molecule has 0 saturated carbocycles. The Kier molecular flexibility index (Phi) is 19.3. The highest BCUT2D eigenvalue weighted by molar-refractivity contribution is 5.93. The molecule has 0 radical (unpaired) electrons. The van der Waals surface area contributed by atoms with Crippen LogP contribution in [0.25, 0.3) is 21.5 Å². The molecule has 0 aliphatic heterocycles. The smallest absolute Gasteiger partial charge is 0.333 e. The summed E-state index contributed by atoms with van der Waals surface area (Å²) in [7, 11) is 0. The van der Waals surface area contributed by atoms with Gasteiger partial charge in [0, 0.05) is 34.3 Å². The second-order valence-corrected chi connectivity index (χ2v) is 15.8. The first-order chi connectivity index (χ1) is 30.8. The quantitative estimate of drug-likeness (QED) is 0.0366. The molecule has 0 fully saturated rings. The van der Waals surface area contributed by atoms with Crippen molar-refractivity contribution in [3.63, 3.8) is 0 Å². The molecule has 0 aliphatic rings. The van der Waals surface area contributed by atoms with Gasteiger partial charge in [0.15, 0.2) is 0 Å². The van der Waals surface area contributed by atoms with Crippen LogP contribution in [0.4, 0.5) is 0 Å². The lowest BCUT2D eigenvalue weighted by Crippen LogP contribution is -2.26. The molecule has 65 heavy (non-hydrogen) atoms. The highest BCUT2D eigenvalue weighted by Gasteiger charge is 2.21. The number of hydrogen-bond donors (Lipinski definition) is 4. The normalized spacial score (nSPS) is 13.0. The number of carbonyl (C=O) groups excluding carboxylic acids is 4. The maximum absolute atomic E-state index is 12.0. The fourth-order valence-corrected chi connectivity index (χ4v) is 5.85. The van der Waals surface area contributed by atoms with E-state index >= 15 is 0 Å². The highest BCUT2D eigenvalue weighted by Crippen LogP contribution is 2.38. The third kappa shape index (κ3) is 15.9. The molecule has 4 rings (SSSR count). The Morgan fingerprint density at radius 2 is 0.800 bits per heavy atom. The maximum Gasteiger partial charge on any atom is 0.333 e. The van der Waals surface area contributed by atoms with E-state index in [4.69, 9.17) is 37.9 Å². The summed E-state index contributed by atoms with van der Waals surface area (Å²) in [6.07, 6.45) is -4.65. The third-order valence-corrected chi connectivity index (χ3v) is 9.38. The molecule has 0 bridgehead atoms. The fraction of sp³-hybridized carbons (Fsp3) is 0.388. The minimum absolute atomic E-state index is 0.0843. The van der Waals surface area contributed by atoms with E-state index in [1.54, 1.807) is 68.4 Å². The van der Waals surface area contributed by atoms with E-state index in [0.717, 1.165) is 10.8 Å². The molecule has 4 aromatic rings. The Morgan fingerprint density at radius 3 is 1.14 bits per heavy atom. The molecular formula is C49H58O16. The summed E-state index contributed by atoms with van der Waals surface area (Å²) < 4.78 is 44.8. The Bertz CT molecular complexity index is 2340. The summed E-state index contributed by atoms with van der Waals surface area (Å²) in [6.45, 7) is 16.2. The molecule has 0 saturated heterocycles. The van der Waals surface area contributed by atoms with Gasteiger partial charge in [0.25, 0.3) is 0 Å². The van der Waals surface area contributed by atoms with Gasteiger partial charge in [-0.1, -0.05) is 57.8 Å². The van der Waals surface area contributed by atoms with Crippen LogP contribution in [0.5, 0.6) is 23.0 Å². The Hall–Kier alpha value is -6.46. The summed E-state index contributed by atoms with van der Waals surface area (Å²) in [4.78, 5) is 47.9. The summed E-state index contributed by atoms with van der Waals surface area (Å²) >= 11 is 0. The largest absolute Gasteiger partial charge is 0.491 e. The van der Waals surface area contributed by atoms with Gasteiger partial charge >= 0.3 is 23.9 Å². The van der Waals surface area contributed by atoms with Crippen molar-refractivity contribution < 1.29 is 77.5 Å². The molecule has 16 heteroatoms. The van der Waals surface area contributed by atoms with Gasteiger partial charge in [0.1, 0.15) is 100 Å². The number of aliphatic hydroxyl groups excluding tert-OH is 4. The molecular weight excluding hydrogens is 845 g/mol. The summed E-state index contributed by atoms with van der Waals surface area (Å²) in [5, 5.41) is 45.4. The molecule has 4 aromatic carbocycles. The van der Waals surface area contributed by atoms with Crippen LogP contribution < -0.4 is 18.9 Å². The van der Waals surface area contributed by atoms with Crippen LogP contribution in [0.1, 0.15) is 45.7 Å². The van der Waals surface area contributed by atoms with Gasteiger partial charge in [-0.25, -0.2) is 14.4 Å². The average molecular weight is 903 g/mol. The maximum atomic E-state index is 12.0. The molecule has 350 valence electrons. The number of esters is 4. The highest BCUT2D eigenvalue weighted by atomic mass is 16.6. The first-order valence-electron chi connectivity index (χ1n) is 20.8. The van der Waals surface area contributed by atoms with Gasteiger partial charge in [-0.2, -0.15) is 0 Å². The van der Waals surface area contributed by atoms with E-state index in [9.17, 15) is 39.6 Å². The van der Waals surface area contributed by atoms with E-state index in [1.165, 1.54) is 20.8 Å². The van der Waals surface area contributed by atoms with Crippen molar-refractivity contribution in [1.29, 1.82) is 0 Å². The van der Waals surface area contributed by atoms with Gasteiger partial charge in [-0.05, 0) is 78.7 Å². The SMILES string of the molecule is C=C(C)C(=O)OCC(O)COc1ccc2ccc(OCC(O)COC(=O)C(=C)C)c(Cc3c(OCC(O)COC(=O)C(=C)C)ccc4ccc(OCC(O)COC(=O)C(C)C)cc34)c2c1. The van der Waals surface area contributed by atoms with Crippen molar-refractivity contribution in [2.45, 2.75) is 65.5 Å². The van der Waals surface area contributed by atoms with Crippen molar-refractivity contribution in [3.05, 3.63) is 108 Å². The van der Waals surface area contributed by atoms with Gasteiger partial charge in [-0.3, -0.25) is 4.79 Å². The van der Waals surface area contributed by atoms with Crippen molar-refractivity contribution in [3.8, 4) is 23.0 Å². The van der Waals surface area contributed by atoms with Crippen molar-refractivity contribution in [1.82, 2.24) is 0 Å². The van der Waals surface area contributed by atoms with E-state index in [-0.39, 0.29) is 81.9 Å². The van der Waals surface area contributed by atoms with Gasteiger partial charge in [0.2, 0.25) is 0 Å². The molecule has 4 unspecified atom stereocenters. The van der Waals surface area contributed by atoms with Gasteiger partial charge in [0.05, 0.1) is 5.92 Å². The van der Waals surface area contributed by atoms with Crippen molar-refractivity contribution >= 4 is 45.4 Å². The van der Waals surface area contributed by atoms with Crippen LogP contribution in [0.2, 0.25) is 0 Å². The van der Waals surface area contributed by atoms with Crippen LogP contribution in [-0.4, -0.2) is 122 Å². The van der Waals surface area contributed by atoms with E-state index in [0.29, 0.717) is 44.9 Å². The van der Waals surface area contributed by atoms with Crippen molar-refractivity contribution in [2.24, 2.45) is 5.92 Å². The number of ether oxygens (including phenoxy) is 8. The lowest BCUT2D eigenvalue weighted by molar-refractivity contribution is -0.151. The molecule has 0 aromatic heterocycles. The number of aliphatic hydroxyl groups is 4. The molecule has 0 amide bonds. The molecule has 0 heterocycles. The Morgan fingerprint density at radius 1 is 0.477 bits per heavy atom. The lowest BCUT2D eigenvalue weighted by Gasteiger charge is -2.21. The lowest BCUT2D eigenvalue weighted by atomic mass is 9.93. The standard InChI is InChI=1S/C49H58O16/c1-28(2)46(54)62-24-34(50)20-58-38-13-9-32-11-15-44(60-22-36(52)26-64-48(56)30(5)6)42(40(32)17-38)19-43-41-18-39(59-21-35(51)25-63-47(55)29(3)4)14-10-33(41)12-16-45(43)61-23-37(53)27-65-49(57)31(7)8/h9-18,29,34-37,50-53H,1,5,7,19-27H2,2-4,6,8H3. The van der Waals surface area contributed by atoms with Crippen LogP contribution in [0.3, 0.4) is 0 Å². The fourth-order valence-electron chi connectivity index (χ4n) is 5.85. The summed E-state index contributed by atoms with van der Waals surface area (Å²) in [5.41, 5.74) is 1.68. The minimum Gasteiger partial charge on any atom is -0.491 e. The first kappa shape index (κ1) is 51.2. The number of fused-ring (bicyclic) bond motifs is 2. The Balaban J connectivity index is 1.77. The van der Waals surface area contributed by atoms with Gasteiger partial charge in [-0.15, -0.1) is 0 Å². The molecule has 0 spiro atoms. The van der Waals surface area contributed by atoms with Crippen LogP contribution in [-0.2, 0) is 44.5 Å². The first-order valence-corrected chi connectivity index (χ1v) is 20.8. The summed E-state index contributed by atoms with van der Waals surface area (Å²) in [5.74, 6) is -1.44. The van der Waals surface area contributed by atoms with Crippen LogP contribution in [0.15, 0.2) is 97.1 Å². The second kappa shape index (κ2) is 24.6. The van der Waals surface area contributed by atoms with E-state index in [2.05, 4.69) is 19.7 Å². The topological polar surface area (TPSA) is 223 Å². The molecule has 4 atom stereocenters. The molecule has 0 aliphatic carbocycles. The molecule has 16 nitrogen and oxygen atoms in total. The molecule has 4 N–H and O–H groups in total. The number of hydrogen-bond acceptors (Lipinski definition) is 16. The number of benzene rings is 4. The minimum atomic E-state index is -1.22. The number of carbonyl (C=O) groups is 4. The zero-order valence-corrected chi connectivity index (χ0v) is 37.3. The zero-order valence-electron chi connectivity index (χ0n) is 37.3. The average Bonchev–Trinajstić information content (AvgIpc) is 3.28. The monoisotopic (exact) mass is 902 g/mol. The van der Waals surface area contributed by atoms with Gasteiger partial charge < -0.3 is 58.3 Å².